The Kier molecular flexibility index (Phi) is 4.94. The van der Waals surface area contributed by atoms with E-state index < -0.39 is 0 Å². The minimum Gasteiger partial charge on any atom is -0.353 e. The quantitative estimate of drug-likeness (QED) is 0.931. The summed E-state index contributed by atoms with van der Waals surface area (Å²) in [6.45, 7) is 5.35. The Morgan fingerprint density at radius 1 is 1.44 bits per heavy atom. The molecule has 3 heterocycles. The third kappa shape index (κ3) is 3.77. The number of hydrogen-bond acceptors (Lipinski definition) is 5. The Morgan fingerprint density at radius 2 is 2.28 bits per heavy atom. The van der Waals surface area contributed by atoms with Crippen LogP contribution in [0.2, 0.25) is 0 Å². The summed E-state index contributed by atoms with van der Waals surface area (Å²) in [5.41, 5.74) is 3.01. The molecule has 128 valence electrons. The smallest absolute Gasteiger partial charge is 0.253 e. The number of anilines is 1. The molecule has 1 aliphatic heterocycles. The minimum atomic E-state index is -0.117. The SMILES string of the molecule is Cc1cc(C)c(C#N)c(N2CCCC(NC(=O)c3cccnc3)C2)n1. The number of nitrogens with zero attached hydrogens (tertiary/aromatic N) is 4. The van der Waals surface area contributed by atoms with Gasteiger partial charge in [-0.3, -0.25) is 9.78 Å². The minimum absolute atomic E-state index is 0.0237. The zero-order valence-electron chi connectivity index (χ0n) is 14.5. The summed E-state index contributed by atoms with van der Waals surface area (Å²) in [5, 5.41) is 12.6. The second kappa shape index (κ2) is 7.31. The van der Waals surface area contributed by atoms with Crippen LogP contribution in [-0.2, 0) is 0 Å². The first-order chi connectivity index (χ1) is 12.1. The van der Waals surface area contributed by atoms with Gasteiger partial charge >= 0.3 is 0 Å². The molecule has 6 nitrogen and oxygen atoms in total. The standard InChI is InChI=1S/C19H21N5O/c1-13-9-14(2)22-18(17(13)10-20)24-8-4-6-16(12-24)23-19(25)15-5-3-7-21-11-15/h3,5,7,9,11,16H,4,6,8,12H2,1-2H3,(H,23,25). The van der Waals surface area contributed by atoms with Crippen LogP contribution >= 0.6 is 0 Å². The van der Waals surface area contributed by atoms with Crippen molar-refractivity contribution in [3.63, 3.8) is 0 Å². The Bertz CT molecular complexity index is 813. The van der Waals surface area contributed by atoms with Crippen molar-refractivity contribution in [3.05, 3.63) is 53.0 Å². The Hall–Kier alpha value is -2.94. The lowest BCUT2D eigenvalue weighted by Gasteiger charge is -2.34. The molecule has 2 aromatic heterocycles. The van der Waals surface area contributed by atoms with Gasteiger partial charge in [0.05, 0.1) is 11.1 Å². The molecular formula is C19H21N5O. The Morgan fingerprint density at radius 3 is 3.00 bits per heavy atom. The van der Waals surface area contributed by atoms with Crippen LogP contribution in [0.4, 0.5) is 5.82 Å². The van der Waals surface area contributed by atoms with Crippen molar-refractivity contribution in [2.75, 3.05) is 18.0 Å². The van der Waals surface area contributed by atoms with E-state index in [1.165, 1.54) is 0 Å². The fourth-order valence-corrected chi connectivity index (χ4v) is 3.24. The third-order valence-corrected chi connectivity index (χ3v) is 4.42. The number of carbonyl (C=O) groups excluding carboxylic acids is 1. The van der Waals surface area contributed by atoms with E-state index in [-0.39, 0.29) is 11.9 Å². The number of aromatic nitrogens is 2. The molecule has 6 heteroatoms. The first kappa shape index (κ1) is 16.9. The first-order valence-corrected chi connectivity index (χ1v) is 8.42. The highest BCUT2D eigenvalue weighted by Crippen LogP contribution is 2.25. The summed E-state index contributed by atoms with van der Waals surface area (Å²) in [4.78, 5) is 23.0. The highest BCUT2D eigenvalue weighted by Gasteiger charge is 2.25. The average molecular weight is 335 g/mol. The predicted molar refractivity (Wildman–Crippen MR) is 95.4 cm³/mol. The number of aryl methyl sites for hydroxylation is 2. The molecule has 1 atom stereocenters. The van der Waals surface area contributed by atoms with Crippen molar-refractivity contribution in [1.29, 1.82) is 5.26 Å². The summed E-state index contributed by atoms with van der Waals surface area (Å²) < 4.78 is 0. The van der Waals surface area contributed by atoms with Gasteiger partial charge in [-0.2, -0.15) is 5.26 Å². The number of carbonyl (C=O) groups is 1. The van der Waals surface area contributed by atoms with Gasteiger partial charge in [0.25, 0.3) is 5.91 Å². The van der Waals surface area contributed by atoms with Gasteiger partial charge in [-0.1, -0.05) is 0 Å². The second-order valence-electron chi connectivity index (χ2n) is 6.39. The van der Waals surface area contributed by atoms with Crippen molar-refractivity contribution in [2.24, 2.45) is 0 Å². The van der Waals surface area contributed by atoms with E-state index >= 15 is 0 Å². The van der Waals surface area contributed by atoms with Crippen LogP contribution in [0.25, 0.3) is 0 Å². The van der Waals surface area contributed by atoms with Gasteiger partial charge in [-0.25, -0.2) is 4.98 Å². The molecule has 3 rings (SSSR count). The van der Waals surface area contributed by atoms with E-state index in [1.807, 2.05) is 19.9 Å². The largest absolute Gasteiger partial charge is 0.353 e. The van der Waals surface area contributed by atoms with E-state index in [0.29, 0.717) is 17.7 Å². The maximum absolute atomic E-state index is 12.3. The van der Waals surface area contributed by atoms with Gasteiger partial charge in [-0.15, -0.1) is 0 Å². The highest BCUT2D eigenvalue weighted by molar-refractivity contribution is 5.94. The number of hydrogen-bond donors (Lipinski definition) is 1. The maximum Gasteiger partial charge on any atom is 0.253 e. The van der Waals surface area contributed by atoms with Gasteiger partial charge in [0.2, 0.25) is 0 Å². The molecule has 25 heavy (non-hydrogen) atoms. The number of nitriles is 1. The van der Waals surface area contributed by atoms with E-state index in [4.69, 9.17) is 0 Å². The zero-order valence-corrected chi connectivity index (χ0v) is 14.5. The van der Waals surface area contributed by atoms with Crippen molar-refractivity contribution >= 4 is 11.7 Å². The Balaban J connectivity index is 1.76. The monoisotopic (exact) mass is 335 g/mol. The van der Waals surface area contributed by atoms with Gasteiger partial charge in [0, 0.05) is 37.2 Å². The van der Waals surface area contributed by atoms with E-state index in [9.17, 15) is 10.1 Å². The van der Waals surface area contributed by atoms with Crippen molar-refractivity contribution in [2.45, 2.75) is 32.7 Å². The number of pyridine rings is 2. The maximum atomic E-state index is 12.3. The average Bonchev–Trinajstić information content (AvgIpc) is 2.62. The lowest BCUT2D eigenvalue weighted by Crippen LogP contribution is -2.48. The lowest BCUT2D eigenvalue weighted by atomic mass is 10.0. The molecule has 0 spiro atoms. The number of piperidine rings is 1. The van der Waals surface area contributed by atoms with E-state index in [0.717, 1.165) is 36.5 Å². The first-order valence-electron chi connectivity index (χ1n) is 8.42. The molecule has 1 N–H and O–H groups in total. The summed E-state index contributed by atoms with van der Waals surface area (Å²) in [7, 11) is 0. The second-order valence-corrected chi connectivity index (χ2v) is 6.39. The van der Waals surface area contributed by atoms with Crippen LogP contribution in [0, 0.1) is 25.2 Å². The fourth-order valence-electron chi connectivity index (χ4n) is 3.24. The number of rotatable bonds is 3. The molecular weight excluding hydrogens is 314 g/mol. The molecule has 0 saturated carbocycles. The van der Waals surface area contributed by atoms with Crippen molar-refractivity contribution in [3.8, 4) is 6.07 Å². The lowest BCUT2D eigenvalue weighted by molar-refractivity contribution is 0.0932. The molecule has 1 aliphatic rings. The third-order valence-electron chi connectivity index (χ3n) is 4.42. The van der Waals surface area contributed by atoms with Gasteiger partial charge < -0.3 is 10.2 Å². The molecule has 1 unspecified atom stereocenters. The molecule has 1 amide bonds. The van der Waals surface area contributed by atoms with Crippen LogP contribution in [0.3, 0.4) is 0 Å². The summed E-state index contributed by atoms with van der Waals surface area (Å²) in [6.07, 6.45) is 5.07. The van der Waals surface area contributed by atoms with Crippen molar-refractivity contribution < 1.29 is 4.79 Å². The van der Waals surface area contributed by atoms with Gasteiger partial charge in [-0.05, 0) is 50.5 Å². The molecule has 2 aromatic rings. The van der Waals surface area contributed by atoms with E-state index in [1.54, 1.807) is 24.5 Å². The molecule has 1 fully saturated rings. The van der Waals surface area contributed by atoms with Crippen LogP contribution in [0.1, 0.15) is 40.0 Å². The van der Waals surface area contributed by atoms with Gasteiger partial charge in [0.15, 0.2) is 0 Å². The van der Waals surface area contributed by atoms with E-state index in [2.05, 4.69) is 26.3 Å². The summed E-state index contributed by atoms with van der Waals surface area (Å²) in [6, 6.07) is 7.72. The van der Waals surface area contributed by atoms with Crippen molar-refractivity contribution in [1.82, 2.24) is 15.3 Å². The van der Waals surface area contributed by atoms with Gasteiger partial charge in [0.1, 0.15) is 11.9 Å². The number of nitrogens with one attached hydrogen (secondary N) is 1. The van der Waals surface area contributed by atoms with Crippen LogP contribution in [-0.4, -0.2) is 35.0 Å². The normalized spacial score (nSPS) is 17.0. The fraction of sp³-hybridized carbons (Fsp3) is 0.368. The van der Waals surface area contributed by atoms with Crippen LogP contribution < -0.4 is 10.2 Å². The Labute approximate surface area is 147 Å². The molecule has 0 aliphatic carbocycles. The van der Waals surface area contributed by atoms with Crippen LogP contribution in [0.15, 0.2) is 30.6 Å². The predicted octanol–water partition coefficient (Wildman–Crippen LogP) is 2.36. The molecule has 0 radical (unpaired) electrons. The summed E-state index contributed by atoms with van der Waals surface area (Å²) in [5.74, 6) is 0.606. The summed E-state index contributed by atoms with van der Waals surface area (Å²) >= 11 is 0. The molecule has 1 saturated heterocycles. The highest BCUT2D eigenvalue weighted by atomic mass is 16.1. The molecule has 0 bridgehead atoms. The number of amides is 1. The van der Waals surface area contributed by atoms with Crippen LogP contribution in [0.5, 0.6) is 0 Å². The topological polar surface area (TPSA) is 81.9 Å². The zero-order chi connectivity index (χ0) is 17.8. The molecule has 0 aromatic carbocycles.